The first-order valence-corrected chi connectivity index (χ1v) is 7.90. The maximum absolute atomic E-state index is 12.3. The van der Waals surface area contributed by atoms with Gasteiger partial charge in [-0.15, -0.1) is 0 Å². The average Bonchev–Trinajstić information content (AvgIpc) is 2.71. The highest BCUT2D eigenvalue weighted by Gasteiger charge is 2.25. The van der Waals surface area contributed by atoms with E-state index >= 15 is 0 Å². The third kappa shape index (κ3) is 3.93. The summed E-state index contributed by atoms with van der Waals surface area (Å²) >= 11 is 0. The van der Waals surface area contributed by atoms with Crippen molar-refractivity contribution in [1.29, 1.82) is 0 Å². The molecule has 1 fully saturated rings. The topological polar surface area (TPSA) is 48.3 Å². The normalized spacial score (nSPS) is 20.0. The molecule has 0 aromatic carbocycles. The lowest BCUT2D eigenvalue weighted by Gasteiger charge is -2.37. The smallest absolute Gasteiger partial charge is 0.233 e. The summed E-state index contributed by atoms with van der Waals surface area (Å²) in [5, 5.41) is 0. The van der Waals surface area contributed by atoms with Crippen LogP contribution in [-0.2, 0) is 4.79 Å². The van der Waals surface area contributed by atoms with E-state index in [1.807, 2.05) is 20.8 Å². The van der Waals surface area contributed by atoms with E-state index in [2.05, 4.69) is 39.5 Å². The van der Waals surface area contributed by atoms with E-state index < -0.39 is 5.41 Å². The average molecular weight is 302 g/mol. The Morgan fingerprint density at radius 2 is 1.86 bits per heavy atom. The van der Waals surface area contributed by atoms with E-state index in [-0.39, 0.29) is 5.78 Å². The molecular formula is C17H26N4O. The first-order chi connectivity index (χ1) is 10.3. The van der Waals surface area contributed by atoms with Gasteiger partial charge in [0.1, 0.15) is 0 Å². The number of guanidine groups is 1. The molecule has 0 amide bonds. The Bertz CT molecular complexity index is 552. The van der Waals surface area contributed by atoms with Crippen molar-refractivity contribution in [3.63, 3.8) is 0 Å². The summed E-state index contributed by atoms with van der Waals surface area (Å²) in [5.74, 6) is 3.57. The van der Waals surface area contributed by atoms with Gasteiger partial charge < -0.3 is 4.90 Å². The van der Waals surface area contributed by atoms with Crippen molar-refractivity contribution >= 4 is 17.6 Å². The Labute approximate surface area is 133 Å². The number of rotatable bonds is 2. The van der Waals surface area contributed by atoms with E-state index in [1.165, 1.54) is 0 Å². The molecule has 0 spiro atoms. The predicted molar refractivity (Wildman–Crippen MR) is 90.3 cm³/mol. The van der Waals surface area contributed by atoms with Crippen molar-refractivity contribution in [3.05, 3.63) is 17.8 Å². The Balaban J connectivity index is 2.09. The van der Waals surface area contributed by atoms with Crippen LogP contribution in [0.25, 0.3) is 0 Å². The molecule has 2 rings (SSSR count). The fraction of sp³-hybridized carbons (Fsp3) is 0.647. The second-order valence-electron chi connectivity index (χ2n) is 7.09. The lowest BCUT2D eigenvalue weighted by Crippen LogP contribution is -2.50. The quantitative estimate of drug-likeness (QED) is 0.785. The molecule has 0 aromatic rings. The highest BCUT2D eigenvalue weighted by molar-refractivity contribution is 6.04. The van der Waals surface area contributed by atoms with Gasteiger partial charge in [-0.1, -0.05) is 20.8 Å². The molecule has 2 aliphatic rings. The number of nitrogens with zero attached hydrogens (tertiary/aromatic N) is 4. The van der Waals surface area contributed by atoms with Gasteiger partial charge in [0.15, 0.2) is 5.78 Å². The Morgan fingerprint density at radius 1 is 1.23 bits per heavy atom. The molecule has 0 atom stereocenters. The fourth-order valence-corrected chi connectivity index (χ4v) is 2.50. The van der Waals surface area contributed by atoms with Crippen LogP contribution in [0.3, 0.4) is 0 Å². The molecule has 22 heavy (non-hydrogen) atoms. The molecule has 2 heterocycles. The molecule has 0 aliphatic carbocycles. The number of aliphatic imine (C=N–C) groups is 2. The number of carbonyl (C=O) groups excluding carboxylic acids is 1. The van der Waals surface area contributed by atoms with E-state index in [1.54, 1.807) is 12.3 Å². The highest BCUT2D eigenvalue weighted by Crippen LogP contribution is 2.21. The van der Waals surface area contributed by atoms with E-state index in [0.717, 1.165) is 26.2 Å². The van der Waals surface area contributed by atoms with Crippen molar-refractivity contribution in [2.45, 2.75) is 40.7 Å². The number of hydrogen-bond acceptors (Lipinski definition) is 5. The molecule has 5 nitrogen and oxygen atoms in total. The summed E-state index contributed by atoms with van der Waals surface area (Å²) in [7, 11) is 0. The van der Waals surface area contributed by atoms with Crippen LogP contribution in [0.15, 0.2) is 27.8 Å². The molecule has 2 aliphatic heterocycles. The molecule has 0 saturated carbocycles. The van der Waals surface area contributed by atoms with Crippen molar-refractivity contribution in [1.82, 2.24) is 9.80 Å². The summed E-state index contributed by atoms with van der Waals surface area (Å²) in [6.45, 7) is 14.0. The van der Waals surface area contributed by atoms with Crippen LogP contribution in [0.5, 0.6) is 0 Å². The van der Waals surface area contributed by atoms with Gasteiger partial charge in [0.05, 0.1) is 0 Å². The molecule has 0 radical (unpaired) electrons. The third-order valence-electron chi connectivity index (χ3n) is 3.97. The van der Waals surface area contributed by atoms with Crippen molar-refractivity contribution in [2.75, 3.05) is 26.2 Å². The number of piperazine rings is 1. The fourth-order valence-electron chi connectivity index (χ4n) is 2.50. The van der Waals surface area contributed by atoms with Gasteiger partial charge in [-0.3, -0.25) is 9.69 Å². The Hall–Kier alpha value is -1.71. The summed E-state index contributed by atoms with van der Waals surface area (Å²) < 4.78 is 0. The van der Waals surface area contributed by atoms with Crippen LogP contribution in [-0.4, -0.2) is 59.6 Å². The standard InChI is InChI=1S/C17H26N4O/c1-13(2)20-8-10-21(11-9-20)16-18-7-6-14(12-19-16)15(22)17(3,4)5/h6,12-13H,8-11H2,1-5H3. The predicted octanol–water partition coefficient (Wildman–Crippen LogP) is 2.11. The molecule has 0 N–H and O–H groups in total. The van der Waals surface area contributed by atoms with Crippen LogP contribution in [0.2, 0.25) is 0 Å². The first kappa shape index (κ1) is 16.7. The zero-order chi connectivity index (χ0) is 16.3. The highest BCUT2D eigenvalue weighted by atomic mass is 16.1. The second-order valence-corrected chi connectivity index (χ2v) is 7.09. The Kier molecular flexibility index (Phi) is 4.99. The van der Waals surface area contributed by atoms with Gasteiger partial charge >= 0.3 is 0 Å². The van der Waals surface area contributed by atoms with Gasteiger partial charge in [-0.25, -0.2) is 4.99 Å². The number of carbonyl (C=O) groups is 1. The maximum Gasteiger partial charge on any atom is 0.233 e. The largest absolute Gasteiger partial charge is 0.338 e. The molecule has 120 valence electrons. The van der Waals surface area contributed by atoms with Crippen molar-refractivity contribution in [3.8, 4) is 0 Å². The molecule has 1 saturated heterocycles. The van der Waals surface area contributed by atoms with Gasteiger partial charge in [-0.2, -0.15) is 4.99 Å². The number of Topliss-reactive ketones (excluding diaryl/α,β-unsaturated/α-hetero) is 1. The second kappa shape index (κ2) is 6.59. The SMILES string of the molecule is CC(C)N1CCN(C2=NC=C(C(=O)C(C)(C)C)C=C=N2)CC1. The minimum atomic E-state index is -0.424. The van der Waals surface area contributed by atoms with E-state index in [9.17, 15) is 4.79 Å². The molecular weight excluding hydrogens is 276 g/mol. The van der Waals surface area contributed by atoms with Crippen molar-refractivity contribution < 1.29 is 4.79 Å². The minimum Gasteiger partial charge on any atom is -0.338 e. The molecule has 0 bridgehead atoms. The van der Waals surface area contributed by atoms with Gasteiger partial charge in [0.2, 0.25) is 5.96 Å². The molecule has 0 aromatic heterocycles. The number of ketones is 1. The third-order valence-corrected chi connectivity index (χ3v) is 3.97. The minimum absolute atomic E-state index is 0.0600. The van der Waals surface area contributed by atoms with Gasteiger partial charge in [0.25, 0.3) is 0 Å². The van der Waals surface area contributed by atoms with Crippen molar-refractivity contribution in [2.24, 2.45) is 15.4 Å². The van der Waals surface area contributed by atoms with Crippen LogP contribution in [0, 0.1) is 5.41 Å². The number of hydrogen-bond donors (Lipinski definition) is 0. The summed E-state index contributed by atoms with van der Waals surface area (Å²) in [6, 6.07) is 0.567. The maximum atomic E-state index is 12.3. The van der Waals surface area contributed by atoms with Gasteiger partial charge in [0, 0.05) is 55.5 Å². The van der Waals surface area contributed by atoms with Gasteiger partial charge in [-0.05, 0) is 19.7 Å². The molecule has 5 heteroatoms. The molecule has 0 unspecified atom stereocenters. The van der Waals surface area contributed by atoms with E-state index in [4.69, 9.17) is 0 Å². The van der Waals surface area contributed by atoms with Crippen LogP contribution in [0.1, 0.15) is 34.6 Å². The summed E-state index contributed by atoms with van der Waals surface area (Å²) in [4.78, 5) is 25.6. The van der Waals surface area contributed by atoms with Crippen LogP contribution in [0.4, 0.5) is 0 Å². The summed E-state index contributed by atoms with van der Waals surface area (Å²) in [6.07, 6.45) is 3.26. The monoisotopic (exact) mass is 302 g/mol. The zero-order valence-electron chi connectivity index (χ0n) is 14.3. The van der Waals surface area contributed by atoms with Crippen LogP contribution >= 0.6 is 0 Å². The number of allylic oxidation sites excluding steroid dienone is 2. The van der Waals surface area contributed by atoms with E-state index in [0.29, 0.717) is 17.6 Å². The first-order valence-electron chi connectivity index (χ1n) is 7.90. The Morgan fingerprint density at radius 3 is 2.41 bits per heavy atom. The lowest BCUT2D eigenvalue weighted by atomic mass is 9.86. The zero-order valence-corrected chi connectivity index (χ0v) is 14.3. The van der Waals surface area contributed by atoms with Crippen LogP contribution < -0.4 is 0 Å². The lowest BCUT2D eigenvalue weighted by molar-refractivity contribution is -0.122. The summed E-state index contributed by atoms with van der Waals surface area (Å²) in [5.41, 5.74) is 0.138.